The average Bonchev–Trinajstić information content (AvgIpc) is 3.29. The van der Waals surface area contributed by atoms with Crippen LogP contribution in [0.25, 0.3) is 11.2 Å². The number of piperidine rings is 1. The van der Waals surface area contributed by atoms with Crippen molar-refractivity contribution in [2.75, 3.05) is 19.6 Å². The lowest BCUT2D eigenvalue weighted by Gasteiger charge is -2.22. The predicted octanol–water partition coefficient (Wildman–Crippen LogP) is 2.34. The normalized spacial score (nSPS) is 17.7. The van der Waals surface area contributed by atoms with E-state index >= 15 is 0 Å². The molecule has 25 heavy (non-hydrogen) atoms. The van der Waals surface area contributed by atoms with E-state index in [0.29, 0.717) is 29.2 Å². The van der Waals surface area contributed by atoms with Crippen LogP contribution < -0.4 is 10.6 Å². The van der Waals surface area contributed by atoms with E-state index < -0.39 is 0 Å². The van der Waals surface area contributed by atoms with E-state index in [4.69, 9.17) is 0 Å². The molecule has 6 nitrogen and oxygen atoms in total. The maximum Gasteiger partial charge on any atom is 0.253 e. The molecule has 3 N–H and O–H groups in total. The molecular formula is C18H21N5OS. The van der Waals surface area contributed by atoms with Crippen LogP contribution in [0.3, 0.4) is 0 Å². The van der Waals surface area contributed by atoms with Gasteiger partial charge in [-0.25, -0.2) is 9.97 Å². The largest absolute Gasteiger partial charge is 0.352 e. The number of rotatable bonds is 5. The van der Waals surface area contributed by atoms with Gasteiger partial charge < -0.3 is 15.6 Å². The van der Waals surface area contributed by atoms with Gasteiger partial charge in [-0.3, -0.25) is 4.79 Å². The lowest BCUT2D eigenvalue weighted by atomic mass is 10.00. The maximum absolute atomic E-state index is 12.6. The van der Waals surface area contributed by atoms with E-state index in [9.17, 15) is 4.79 Å². The molecule has 0 bridgehead atoms. The van der Waals surface area contributed by atoms with Crippen LogP contribution in [-0.2, 0) is 6.42 Å². The third kappa shape index (κ3) is 3.72. The van der Waals surface area contributed by atoms with E-state index in [2.05, 4.69) is 37.0 Å². The van der Waals surface area contributed by atoms with Gasteiger partial charge in [0.1, 0.15) is 11.3 Å². The molecule has 0 aromatic carbocycles. The molecule has 0 saturated carbocycles. The smallest absolute Gasteiger partial charge is 0.253 e. The van der Waals surface area contributed by atoms with Crippen molar-refractivity contribution in [3.05, 3.63) is 46.0 Å². The highest BCUT2D eigenvalue weighted by Crippen LogP contribution is 2.18. The van der Waals surface area contributed by atoms with E-state index in [1.54, 1.807) is 23.6 Å². The zero-order valence-corrected chi connectivity index (χ0v) is 14.7. The molecule has 1 amide bonds. The summed E-state index contributed by atoms with van der Waals surface area (Å²) >= 11 is 1.70. The Balaban J connectivity index is 1.50. The van der Waals surface area contributed by atoms with Crippen molar-refractivity contribution in [2.24, 2.45) is 5.92 Å². The minimum Gasteiger partial charge on any atom is -0.352 e. The summed E-state index contributed by atoms with van der Waals surface area (Å²) in [7, 11) is 0. The molecule has 1 unspecified atom stereocenters. The minimum absolute atomic E-state index is 0.0767. The lowest BCUT2D eigenvalue weighted by molar-refractivity contribution is 0.0946. The van der Waals surface area contributed by atoms with Crippen molar-refractivity contribution in [3.63, 3.8) is 0 Å². The Hall–Kier alpha value is -2.25. The molecule has 0 aliphatic carbocycles. The van der Waals surface area contributed by atoms with Gasteiger partial charge in [-0.2, -0.15) is 0 Å². The van der Waals surface area contributed by atoms with Gasteiger partial charge in [0.2, 0.25) is 0 Å². The summed E-state index contributed by atoms with van der Waals surface area (Å²) in [5.41, 5.74) is 1.90. The molecular weight excluding hydrogens is 334 g/mol. The van der Waals surface area contributed by atoms with Crippen molar-refractivity contribution in [2.45, 2.75) is 19.3 Å². The molecule has 0 spiro atoms. The maximum atomic E-state index is 12.6. The fraction of sp³-hybridized carbons (Fsp3) is 0.389. The zero-order valence-electron chi connectivity index (χ0n) is 13.9. The summed E-state index contributed by atoms with van der Waals surface area (Å²) in [5.74, 6) is 1.26. The Kier molecular flexibility index (Phi) is 4.76. The molecule has 1 aliphatic heterocycles. The molecule has 0 radical (unpaired) electrons. The predicted molar refractivity (Wildman–Crippen MR) is 98.9 cm³/mol. The number of H-pyrrole nitrogens is 1. The van der Waals surface area contributed by atoms with Crippen molar-refractivity contribution in [1.82, 2.24) is 25.6 Å². The number of aromatic amines is 1. The number of nitrogens with zero attached hydrogens (tertiary/aromatic N) is 2. The fourth-order valence-electron chi connectivity index (χ4n) is 3.23. The molecule has 3 aromatic heterocycles. The second-order valence-electron chi connectivity index (χ2n) is 6.42. The molecule has 1 saturated heterocycles. The Morgan fingerprint density at radius 1 is 1.40 bits per heavy atom. The highest BCUT2D eigenvalue weighted by molar-refractivity contribution is 7.09. The van der Waals surface area contributed by atoms with Gasteiger partial charge in [0.25, 0.3) is 5.91 Å². The number of fused-ring (bicyclic) bond motifs is 1. The third-order valence-electron chi connectivity index (χ3n) is 4.55. The van der Waals surface area contributed by atoms with Gasteiger partial charge in [0.15, 0.2) is 5.65 Å². The number of hydrogen-bond donors (Lipinski definition) is 3. The quantitative estimate of drug-likeness (QED) is 0.656. The second-order valence-corrected chi connectivity index (χ2v) is 7.45. The number of nitrogens with one attached hydrogen (secondary N) is 3. The number of aromatic nitrogens is 3. The van der Waals surface area contributed by atoms with Gasteiger partial charge in [-0.1, -0.05) is 6.07 Å². The molecule has 4 heterocycles. The standard InChI is InChI=1S/C18H21N5OS/c24-18(21-11-12-3-1-6-19-10-12)14-5-7-20-17-16(14)22-15(23-17)9-13-4-2-8-25-13/h2,4-5,7-8,12,19H,1,3,6,9-11H2,(H,21,24)(H,20,22,23). The van der Waals surface area contributed by atoms with E-state index in [0.717, 1.165) is 31.8 Å². The Labute approximate surface area is 150 Å². The molecule has 130 valence electrons. The van der Waals surface area contributed by atoms with Crippen LogP contribution in [0.15, 0.2) is 29.8 Å². The van der Waals surface area contributed by atoms with Gasteiger partial charge >= 0.3 is 0 Å². The number of pyridine rings is 1. The van der Waals surface area contributed by atoms with Crippen LogP contribution in [0.5, 0.6) is 0 Å². The summed E-state index contributed by atoms with van der Waals surface area (Å²) in [6.07, 6.45) is 4.72. The monoisotopic (exact) mass is 355 g/mol. The van der Waals surface area contributed by atoms with E-state index in [1.807, 2.05) is 6.07 Å². The number of thiophene rings is 1. The molecule has 1 aliphatic rings. The SMILES string of the molecule is O=C(NCC1CCCNC1)c1ccnc2[nH]c(Cc3cccs3)nc12. The van der Waals surface area contributed by atoms with Crippen LogP contribution in [0.2, 0.25) is 0 Å². The van der Waals surface area contributed by atoms with Crippen LogP contribution in [0.1, 0.15) is 33.9 Å². The number of carbonyl (C=O) groups is 1. The Bertz CT molecular complexity index is 852. The number of hydrogen-bond acceptors (Lipinski definition) is 5. The molecule has 7 heteroatoms. The summed E-state index contributed by atoms with van der Waals surface area (Å²) in [6.45, 7) is 2.75. The van der Waals surface area contributed by atoms with Gasteiger partial charge in [0.05, 0.1) is 5.56 Å². The third-order valence-corrected chi connectivity index (χ3v) is 5.43. The summed E-state index contributed by atoms with van der Waals surface area (Å²) < 4.78 is 0. The van der Waals surface area contributed by atoms with E-state index in [1.165, 1.54) is 11.3 Å². The highest BCUT2D eigenvalue weighted by Gasteiger charge is 2.18. The van der Waals surface area contributed by atoms with Crippen molar-refractivity contribution in [3.8, 4) is 0 Å². The van der Waals surface area contributed by atoms with Crippen LogP contribution in [0, 0.1) is 5.92 Å². The first-order valence-electron chi connectivity index (χ1n) is 8.64. The molecule has 4 rings (SSSR count). The number of carbonyl (C=O) groups excluding carboxylic acids is 1. The first kappa shape index (κ1) is 16.2. The van der Waals surface area contributed by atoms with Gasteiger partial charge in [-0.15, -0.1) is 11.3 Å². The average molecular weight is 355 g/mol. The molecule has 1 atom stereocenters. The van der Waals surface area contributed by atoms with E-state index in [-0.39, 0.29) is 5.91 Å². The van der Waals surface area contributed by atoms with Crippen molar-refractivity contribution in [1.29, 1.82) is 0 Å². The Morgan fingerprint density at radius 2 is 2.36 bits per heavy atom. The summed E-state index contributed by atoms with van der Waals surface area (Å²) in [5, 5.41) is 8.48. The molecule has 3 aromatic rings. The zero-order chi connectivity index (χ0) is 17.1. The first-order valence-corrected chi connectivity index (χ1v) is 9.52. The van der Waals surface area contributed by atoms with Crippen molar-refractivity contribution < 1.29 is 4.79 Å². The summed E-state index contributed by atoms with van der Waals surface area (Å²) in [6, 6.07) is 5.85. The minimum atomic E-state index is -0.0767. The van der Waals surface area contributed by atoms with Crippen LogP contribution >= 0.6 is 11.3 Å². The second kappa shape index (κ2) is 7.33. The summed E-state index contributed by atoms with van der Waals surface area (Å²) in [4.78, 5) is 26.0. The first-order chi connectivity index (χ1) is 12.3. The fourth-order valence-corrected chi connectivity index (χ4v) is 3.94. The number of imidazole rings is 1. The van der Waals surface area contributed by atoms with Crippen LogP contribution in [0.4, 0.5) is 0 Å². The lowest BCUT2D eigenvalue weighted by Crippen LogP contribution is -2.38. The highest BCUT2D eigenvalue weighted by atomic mass is 32.1. The van der Waals surface area contributed by atoms with Gasteiger partial charge in [-0.05, 0) is 49.4 Å². The molecule has 1 fully saturated rings. The number of amides is 1. The Morgan fingerprint density at radius 3 is 3.16 bits per heavy atom. The van der Waals surface area contributed by atoms with Crippen molar-refractivity contribution >= 4 is 28.4 Å². The topological polar surface area (TPSA) is 82.7 Å². The van der Waals surface area contributed by atoms with Crippen LogP contribution in [-0.4, -0.2) is 40.5 Å². The van der Waals surface area contributed by atoms with Gasteiger partial charge in [0, 0.05) is 24.0 Å².